The Hall–Kier alpha value is -2.95. The van der Waals surface area contributed by atoms with Crippen molar-refractivity contribution in [3.05, 3.63) is 117 Å². The summed E-state index contributed by atoms with van der Waals surface area (Å²) < 4.78 is 1.48. The molecule has 0 aliphatic rings. The fraction of sp³-hybridized carbons (Fsp3) is 0.130. The highest BCUT2D eigenvalue weighted by Crippen LogP contribution is 2.14. The third-order valence-electron chi connectivity index (χ3n) is 4.56. The third-order valence-corrected chi connectivity index (χ3v) is 4.78. The van der Waals surface area contributed by atoms with Crippen molar-refractivity contribution < 1.29 is 0 Å². The van der Waals surface area contributed by atoms with Crippen LogP contribution in [0.2, 0.25) is 5.02 Å². The summed E-state index contributed by atoms with van der Waals surface area (Å²) in [6, 6.07) is 25.8. The monoisotopic (exact) mass is 389 g/mol. The van der Waals surface area contributed by atoms with Gasteiger partial charge in [0.25, 0.3) is 5.56 Å². The van der Waals surface area contributed by atoms with Crippen molar-refractivity contribution in [1.29, 1.82) is 0 Å². The second-order valence-corrected chi connectivity index (χ2v) is 7.21. The van der Waals surface area contributed by atoms with Crippen LogP contribution in [0.25, 0.3) is 5.65 Å². The van der Waals surface area contributed by atoms with Gasteiger partial charge in [0, 0.05) is 31.9 Å². The van der Waals surface area contributed by atoms with Gasteiger partial charge in [-0.1, -0.05) is 72.3 Å². The Morgan fingerprint density at radius 2 is 1.43 bits per heavy atom. The van der Waals surface area contributed by atoms with Crippen LogP contribution in [0.1, 0.15) is 16.8 Å². The topological polar surface area (TPSA) is 37.6 Å². The smallest absolute Gasteiger partial charge is 0.258 e. The van der Waals surface area contributed by atoms with E-state index in [1.165, 1.54) is 15.5 Å². The van der Waals surface area contributed by atoms with Gasteiger partial charge in [0.15, 0.2) is 0 Å². The molecule has 2 aromatic carbocycles. The number of benzene rings is 2. The van der Waals surface area contributed by atoms with E-state index in [2.05, 4.69) is 34.1 Å². The molecule has 0 saturated carbocycles. The van der Waals surface area contributed by atoms with E-state index >= 15 is 0 Å². The van der Waals surface area contributed by atoms with Gasteiger partial charge in [-0.25, -0.2) is 4.98 Å². The lowest BCUT2D eigenvalue weighted by molar-refractivity contribution is 0.244. The summed E-state index contributed by atoms with van der Waals surface area (Å²) in [6.45, 7) is 2.13. The first-order chi connectivity index (χ1) is 13.7. The first kappa shape index (κ1) is 18.4. The van der Waals surface area contributed by atoms with Gasteiger partial charge in [-0.2, -0.15) is 0 Å². The molecule has 0 spiro atoms. The predicted octanol–water partition coefficient (Wildman–Crippen LogP) is 4.55. The van der Waals surface area contributed by atoms with E-state index in [0.717, 1.165) is 18.8 Å². The first-order valence-corrected chi connectivity index (χ1v) is 9.53. The molecular formula is C23H20ClN3O. The molecule has 0 radical (unpaired) electrons. The Labute approximate surface area is 168 Å². The van der Waals surface area contributed by atoms with E-state index in [4.69, 9.17) is 11.6 Å². The van der Waals surface area contributed by atoms with Crippen LogP contribution in [0.4, 0.5) is 0 Å². The molecule has 5 heteroatoms. The van der Waals surface area contributed by atoms with Crippen LogP contribution in [0, 0.1) is 0 Å². The zero-order valence-corrected chi connectivity index (χ0v) is 16.1. The van der Waals surface area contributed by atoms with Gasteiger partial charge in [-0.3, -0.25) is 14.1 Å². The summed E-state index contributed by atoms with van der Waals surface area (Å²) in [6.07, 6.45) is 1.60. The van der Waals surface area contributed by atoms with Crippen molar-refractivity contribution in [3.63, 3.8) is 0 Å². The Morgan fingerprint density at radius 1 is 0.821 bits per heavy atom. The molecule has 2 heterocycles. The fourth-order valence-electron chi connectivity index (χ4n) is 3.29. The second-order valence-electron chi connectivity index (χ2n) is 6.78. The van der Waals surface area contributed by atoms with Gasteiger partial charge in [-0.15, -0.1) is 0 Å². The summed E-state index contributed by atoms with van der Waals surface area (Å²) in [5, 5.41) is 0.513. The van der Waals surface area contributed by atoms with Crippen molar-refractivity contribution in [2.24, 2.45) is 0 Å². The van der Waals surface area contributed by atoms with Crippen molar-refractivity contribution >= 4 is 17.2 Å². The Balaban J connectivity index is 1.63. The Morgan fingerprint density at radius 3 is 2.04 bits per heavy atom. The van der Waals surface area contributed by atoms with Crippen LogP contribution in [-0.4, -0.2) is 14.3 Å². The fourth-order valence-corrected chi connectivity index (χ4v) is 3.45. The average Bonchev–Trinajstić information content (AvgIpc) is 2.70. The Bertz CT molecular complexity index is 1090. The van der Waals surface area contributed by atoms with E-state index in [-0.39, 0.29) is 5.56 Å². The highest BCUT2D eigenvalue weighted by Gasteiger charge is 2.11. The molecule has 0 aliphatic carbocycles. The van der Waals surface area contributed by atoms with E-state index in [9.17, 15) is 4.79 Å². The van der Waals surface area contributed by atoms with Crippen LogP contribution in [-0.2, 0) is 19.6 Å². The lowest BCUT2D eigenvalue weighted by atomic mass is 10.1. The number of hydrogen-bond donors (Lipinski definition) is 0. The third kappa shape index (κ3) is 4.47. The van der Waals surface area contributed by atoms with E-state index in [0.29, 0.717) is 17.2 Å². The standard InChI is InChI=1S/C23H20ClN3O/c24-20-11-12-22-25-21(13-23(28)27(22)16-20)17-26(14-18-7-3-1-4-8-18)15-19-9-5-2-6-10-19/h1-13,16H,14-15,17H2. The van der Waals surface area contributed by atoms with Crippen molar-refractivity contribution in [3.8, 4) is 0 Å². The molecule has 4 rings (SSSR count). The summed E-state index contributed by atoms with van der Waals surface area (Å²) in [4.78, 5) is 19.4. The van der Waals surface area contributed by atoms with Gasteiger partial charge in [-0.05, 0) is 23.3 Å². The van der Waals surface area contributed by atoms with Crippen LogP contribution in [0.3, 0.4) is 0 Å². The lowest BCUT2D eigenvalue weighted by Crippen LogP contribution is -2.25. The van der Waals surface area contributed by atoms with Gasteiger partial charge in [0.2, 0.25) is 0 Å². The lowest BCUT2D eigenvalue weighted by Gasteiger charge is -2.22. The van der Waals surface area contributed by atoms with Crippen molar-refractivity contribution in [2.75, 3.05) is 0 Å². The number of aromatic nitrogens is 2. The number of hydrogen-bond acceptors (Lipinski definition) is 3. The molecule has 0 aliphatic heterocycles. The maximum absolute atomic E-state index is 12.5. The predicted molar refractivity (Wildman–Crippen MR) is 112 cm³/mol. The molecule has 0 bridgehead atoms. The maximum Gasteiger partial charge on any atom is 0.258 e. The molecule has 0 N–H and O–H groups in total. The average molecular weight is 390 g/mol. The molecular weight excluding hydrogens is 370 g/mol. The quantitative estimate of drug-likeness (QED) is 0.485. The number of fused-ring (bicyclic) bond motifs is 1. The zero-order chi connectivity index (χ0) is 19.3. The van der Waals surface area contributed by atoms with Crippen LogP contribution >= 0.6 is 11.6 Å². The maximum atomic E-state index is 12.5. The molecule has 4 nitrogen and oxygen atoms in total. The molecule has 0 saturated heterocycles. The molecule has 4 aromatic rings. The largest absolute Gasteiger partial charge is 0.289 e. The molecule has 0 atom stereocenters. The number of pyridine rings is 1. The highest BCUT2D eigenvalue weighted by molar-refractivity contribution is 6.30. The number of rotatable bonds is 6. The van der Waals surface area contributed by atoms with E-state index < -0.39 is 0 Å². The van der Waals surface area contributed by atoms with Crippen LogP contribution in [0.15, 0.2) is 89.9 Å². The molecule has 28 heavy (non-hydrogen) atoms. The van der Waals surface area contributed by atoms with Crippen molar-refractivity contribution in [2.45, 2.75) is 19.6 Å². The second kappa shape index (κ2) is 8.38. The minimum absolute atomic E-state index is 0.123. The normalized spacial score (nSPS) is 11.2. The van der Waals surface area contributed by atoms with E-state index in [1.54, 1.807) is 24.4 Å². The van der Waals surface area contributed by atoms with Gasteiger partial charge >= 0.3 is 0 Å². The Kier molecular flexibility index (Phi) is 5.51. The summed E-state index contributed by atoms with van der Waals surface area (Å²) >= 11 is 6.00. The van der Waals surface area contributed by atoms with Crippen LogP contribution in [0.5, 0.6) is 0 Å². The van der Waals surface area contributed by atoms with Gasteiger partial charge in [0.05, 0.1) is 10.7 Å². The van der Waals surface area contributed by atoms with Gasteiger partial charge < -0.3 is 0 Å². The summed E-state index contributed by atoms with van der Waals surface area (Å²) in [5.74, 6) is 0. The summed E-state index contributed by atoms with van der Waals surface area (Å²) in [5.41, 5.74) is 3.68. The molecule has 0 unspecified atom stereocenters. The van der Waals surface area contributed by atoms with Gasteiger partial charge in [0.1, 0.15) is 5.65 Å². The summed E-state index contributed by atoms with van der Waals surface area (Å²) in [7, 11) is 0. The minimum Gasteiger partial charge on any atom is -0.289 e. The zero-order valence-electron chi connectivity index (χ0n) is 15.3. The minimum atomic E-state index is -0.123. The number of halogens is 1. The van der Waals surface area contributed by atoms with E-state index in [1.807, 2.05) is 36.4 Å². The van der Waals surface area contributed by atoms with Crippen LogP contribution < -0.4 is 5.56 Å². The number of nitrogens with zero attached hydrogens (tertiary/aromatic N) is 3. The molecule has 0 amide bonds. The van der Waals surface area contributed by atoms with Crippen molar-refractivity contribution in [1.82, 2.24) is 14.3 Å². The molecule has 0 fully saturated rings. The first-order valence-electron chi connectivity index (χ1n) is 9.15. The molecule has 140 valence electrons. The SMILES string of the molecule is O=c1cc(CN(Cc2ccccc2)Cc2ccccc2)nc2ccc(Cl)cn12. The highest BCUT2D eigenvalue weighted by atomic mass is 35.5. The molecule has 2 aromatic heterocycles.